The van der Waals surface area contributed by atoms with Crippen LogP contribution < -0.4 is 4.74 Å². The van der Waals surface area contributed by atoms with E-state index in [9.17, 15) is 0 Å². The van der Waals surface area contributed by atoms with Gasteiger partial charge in [-0.15, -0.1) is 0 Å². The van der Waals surface area contributed by atoms with Gasteiger partial charge in [0.05, 0.1) is 18.2 Å². The molecule has 2 bridgehead atoms. The van der Waals surface area contributed by atoms with E-state index in [4.69, 9.17) is 10.00 Å². The molecule has 3 atom stereocenters. The lowest BCUT2D eigenvalue weighted by molar-refractivity contribution is 0.149. The molecule has 0 spiro atoms. The topological polar surface area (TPSA) is 49.1 Å². The van der Waals surface area contributed by atoms with Crippen LogP contribution in [0, 0.1) is 23.2 Å². The number of fused-ring (bicyclic) bond motifs is 2. The minimum absolute atomic E-state index is 0.574. The van der Waals surface area contributed by atoms with Crippen molar-refractivity contribution in [2.24, 2.45) is 11.8 Å². The summed E-state index contributed by atoms with van der Waals surface area (Å²) in [6, 6.07) is 6.25. The standard InChI is InChI=1S/C14H17N3O/c1-17-8-11-5-13(17)6-12(11)9-18-14-4-10(7-15)2-3-16-14/h2-4,11-13H,5-6,8-9H2,1H3. The largest absolute Gasteiger partial charge is 0.477 e. The molecular formula is C14H17N3O. The molecule has 4 heteroatoms. The Bertz CT molecular complexity index is 480. The highest BCUT2D eigenvalue weighted by Crippen LogP contribution is 2.41. The molecule has 3 unspecified atom stereocenters. The Hall–Kier alpha value is -1.60. The van der Waals surface area contributed by atoms with Crippen molar-refractivity contribution in [1.29, 1.82) is 5.26 Å². The SMILES string of the molecule is CN1CC2CC1CC2COc1cc(C#N)ccn1. The minimum atomic E-state index is 0.574. The van der Waals surface area contributed by atoms with Gasteiger partial charge in [0.1, 0.15) is 0 Å². The molecular weight excluding hydrogens is 226 g/mol. The molecule has 18 heavy (non-hydrogen) atoms. The van der Waals surface area contributed by atoms with E-state index in [2.05, 4.69) is 23.0 Å². The van der Waals surface area contributed by atoms with Crippen LogP contribution in [0.15, 0.2) is 18.3 Å². The number of nitrogens with zero attached hydrogens (tertiary/aromatic N) is 3. The maximum atomic E-state index is 8.82. The average Bonchev–Trinajstić information content (AvgIpc) is 2.95. The van der Waals surface area contributed by atoms with Crippen molar-refractivity contribution in [2.75, 3.05) is 20.2 Å². The number of hydrogen-bond acceptors (Lipinski definition) is 4. The van der Waals surface area contributed by atoms with E-state index in [0.29, 0.717) is 17.4 Å². The summed E-state index contributed by atoms with van der Waals surface area (Å²) in [6.45, 7) is 1.93. The molecule has 4 nitrogen and oxygen atoms in total. The molecule has 1 aliphatic heterocycles. The first kappa shape index (κ1) is 11.5. The van der Waals surface area contributed by atoms with Gasteiger partial charge in [-0.3, -0.25) is 0 Å². The zero-order valence-electron chi connectivity index (χ0n) is 10.5. The second-order valence-corrected chi connectivity index (χ2v) is 5.39. The summed E-state index contributed by atoms with van der Waals surface area (Å²) in [5, 5.41) is 8.82. The van der Waals surface area contributed by atoms with Gasteiger partial charge in [0.25, 0.3) is 0 Å². The number of pyridine rings is 1. The molecule has 94 valence electrons. The predicted octanol–water partition coefficient (Wildman–Crippen LogP) is 1.67. The van der Waals surface area contributed by atoms with Crippen molar-refractivity contribution in [1.82, 2.24) is 9.88 Å². The monoisotopic (exact) mass is 243 g/mol. The summed E-state index contributed by atoms with van der Waals surface area (Å²) in [6.07, 6.45) is 4.18. The van der Waals surface area contributed by atoms with Crippen LogP contribution in [0.4, 0.5) is 0 Å². The van der Waals surface area contributed by atoms with Gasteiger partial charge < -0.3 is 9.64 Å². The third-order valence-electron chi connectivity index (χ3n) is 4.27. The molecule has 2 aliphatic rings. The molecule has 1 aromatic rings. The van der Waals surface area contributed by atoms with Gasteiger partial charge in [-0.2, -0.15) is 5.26 Å². The molecule has 0 radical (unpaired) electrons. The van der Waals surface area contributed by atoms with Crippen molar-refractivity contribution < 1.29 is 4.74 Å². The number of aromatic nitrogens is 1. The zero-order valence-corrected chi connectivity index (χ0v) is 10.5. The summed E-state index contributed by atoms with van der Waals surface area (Å²) in [4.78, 5) is 6.60. The molecule has 1 aromatic heterocycles. The highest BCUT2D eigenvalue weighted by atomic mass is 16.5. The van der Waals surface area contributed by atoms with Gasteiger partial charge in [0, 0.05) is 24.8 Å². The lowest BCUT2D eigenvalue weighted by Gasteiger charge is -2.28. The van der Waals surface area contributed by atoms with Crippen LogP contribution in [0.2, 0.25) is 0 Å². The Balaban J connectivity index is 1.58. The van der Waals surface area contributed by atoms with Crippen LogP contribution in [0.5, 0.6) is 5.88 Å². The fourth-order valence-electron chi connectivity index (χ4n) is 3.24. The number of nitriles is 1. The number of hydrogen-bond donors (Lipinski definition) is 0. The fraction of sp³-hybridized carbons (Fsp3) is 0.571. The highest BCUT2D eigenvalue weighted by Gasteiger charge is 2.43. The molecule has 1 saturated carbocycles. The molecule has 0 aromatic carbocycles. The Labute approximate surface area is 107 Å². The van der Waals surface area contributed by atoms with Crippen LogP contribution in [-0.4, -0.2) is 36.1 Å². The van der Waals surface area contributed by atoms with E-state index in [1.165, 1.54) is 19.4 Å². The number of ether oxygens (including phenoxy) is 1. The number of piperidine rings is 1. The van der Waals surface area contributed by atoms with Crippen LogP contribution in [0.25, 0.3) is 0 Å². The average molecular weight is 243 g/mol. The first-order chi connectivity index (χ1) is 8.76. The van der Waals surface area contributed by atoms with Crippen molar-refractivity contribution in [3.05, 3.63) is 23.9 Å². The van der Waals surface area contributed by atoms with Gasteiger partial charge in [-0.1, -0.05) is 0 Å². The van der Waals surface area contributed by atoms with Crippen molar-refractivity contribution in [2.45, 2.75) is 18.9 Å². The molecule has 2 fully saturated rings. The fourth-order valence-corrected chi connectivity index (χ4v) is 3.24. The molecule has 3 rings (SSSR count). The normalized spacial score (nSPS) is 30.3. The summed E-state index contributed by atoms with van der Waals surface area (Å²) in [7, 11) is 2.21. The third kappa shape index (κ3) is 2.06. The number of rotatable bonds is 3. The van der Waals surface area contributed by atoms with Gasteiger partial charge >= 0.3 is 0 Å². The third-order valence-corrected chi connectivity index (χ3v) is 4.27. The van der Waals surface area contributed by atoms with Gasteiger partial charge in [-0.05, 0) is 37.8 Å². The summed E-state index contributed by atoms with van der Waals surface area (Å²) in [5.41, 5.74) is 0.604. The Morgan fingerprint density at radius 2 is 2.44 bits per heavy atom. The maximum Gasteiger partial charge on any atom is 0.214 e. The van der Waals surface area contributed by atoms with E-state index in [-0.39, 0.29) is 0 Å². The van der Waals surface area contributed by atoms with Gasteiger partial charge in [0.15, 0.2) is 0 Å². The Kier molecular flexibility index (Phi) is 2.92. The maximum absolute atomic E-state index is 8.82. The van der Waals surface area contributed by atoms with Crippen molar-refractivity contribution in [3.63, 3.8) is 0 Å². The van der Waals surface area contributed by atoms with E-state index in [1.54, 1.807) is 18.3 Å². The summed E-state index contributed by atoms with van der Waals surface area (Å²) >= 11 is 0. The molecule has 0 N–H and O–H groups in total. The molecule has 1 aliphatic carbocycles. The zero-order chi connectivity index (χ0) is 12.5. The van der Waals surface area contributed by atoms with E-state index in [1.807, 2.05) is 0 Å². The van der Waals surface area contributed by atoms with Crippen molar-refractivity contribution in [3.8, 4) is 11.9 Å². The van der Waals surface area contributed by atoms with E-state index < -0.39 is 0 Å². The molecule has 1 saturated heterocycles. The molecule has 2 heterocycles. The summed E-state index contributed by atoms with van der Waals surface area (Å²) in [5.74, 6) is 2.00. The minimum Gasteiger partial charge on any atom is -0.477 e. The number of likely N-dealkylation sites (tertiary alicyclic amines) is 1. The quantitative estimate of drug-likeness (QED) is 0.810. The Morgan fingerprint density at radius 1 is 1.56 bits per heavy atom. The van der Waals surface area contributed by atoms with Crippen molar-refractivity contribution >= 4 is 0 Å². The van der Waals surface area contributed by atoms with Crippen LogP contribution >= 0.6 is 0 Å². The smallest absolute Gasteiger partial charge is 0.214 e. The van der Waals surface area contributed by atoms with Crippen LogP contribution in [0.3, 0.4) is 0 Å². The van der Waals surface area contributed by atoms with Gasteiger partial charge in [-0.25, -0.2) is 4.98 Å². The van der Waals surface area contributed by atoms with Gasteiger partial charge in [0.2, 0.25) is 5.88 Å². The Morgan fingerprint density at radius 3 is 3.11 bits per heavy atom. The first-order valence-electron chi connectivity index (χ1n) is 6.45. The van der Waals surface area contributed by atoms with Crippen LogP contribution in [-0.2, 0) is 0 Å². The van der Waals surface area contributed by atoms with E-state index in [0.717, 1.165) is 18.6 Å². The predicted molar refractivity (Wildman–Crippen MR) is 67.1 cm³/mol. The second kappa shape index (κ2) is 4.58. The summed E-state index contributed by atoms with van der Waals surface area (Å²) < 4.78 is 5.74. The highest BCUT2D eigenvalue weighted by molar-refractivity contribution is 5.31. The lowest BCUT2D eigenvalue weighted by Crippen LogP contribution is -2.34. The van der Waals surface area contributed by atoms with Crippen LogP contribution in [0.1, 0.15) is 18.4 Å². The lowest BCUT2D eigenvalue weighted by atomic mass is 9.96. The first-order valence-corrected chi connectivity index (χ1v) is 6.45. The second-order valence-electron chi connectivity index (χ2n) is 5.39. The van der Waals surface area contributed by atoms with E-state index >= 15 is 0 Å². The molecule has 0 amide bonds.